The summed E-state index contributed by atoms with van der Waals surface area (Å²) >= 11 is 1.56. The van der Waals surface area contributed by atoms with Gasteiger partial charge in [0.2, 0.25) is 5.91 Å². The van der Waals surface area contributed by atoms with Crippen molar-refractivity contribution in [2.45, 2.75) is 47.1 Å². The predicted molar refractivity (Wildman–Crippen MR) is 105 cm³/mol. The molecule has 142 valence electrons. The average Bonchev–Trinajstić information content (AvgIpc) is 2.99. The van der Waals surface area contributed by atoms with Crippen LogP contribution in [0.1, 0.15) is 50.0 Å². The Hall–Kier alpha value is -2.08. The average molecular weight is 377 g/mol. The van der Waals surface area contributed by atoms with E-state index in [0.29, 0.717) is 25.4 Å². The molecule has 1 N–H and O–H groups in total. The summed E-state index contributed by atoms with van der Waals surface area (Å²) in [5.74, 6) is 1.65. The van der Waals surface area contributed by atoms with Crippen molar-refractivity contribution in [3.63, 3.8) is 0 Å². The Morgan fingerprint density at radius 2 is 1.88 bits per heavy atom. The minimum absolute atomic E-state index is 0.0270. The van der Waals surface area contributed by atoms with Gasteiger partial charge < -0.3 is 14.8 Å². The standard InChI is InChI=1S/C20H28N2O3S/c1-6-24-17-9-8-15(10-18(17)25-7-2)20(13(3)4)22-19(23)11-16-12-26-14(5)21-16/h8-10,12-13,20H,6-7,11H2,1-5H3,(H,22,23). The van der Waals surface area contributed by atoms with Gasteiger partial charge in [0.1, 0.15) is 0 Å². The van der Waals surface area contributed by atoms with Crippen LogP contribution in [0.25, 0.3) is 0 Å². The summed E-state index contributed by atoms with van der Waals surface area (Å²) in [5.41, 5.74) is 1.82. The molecule has 0 bridgehead atoms. The number of carbonyl (C=O) groups excluding carboxylic acids is 1. The Labute approximate surface area is 159 Å². The minimum Gasteiger partial charge on any atom is -0.490 e. The highest BCUT2D eigenvalue weighted by Gasteiger charge is 2.21. The van der Waals surface area contributed by atoms with E-state index in [1.54, 1.807) is 11.3 Å². The van der Waals surface area contributed by atoms with Crippen molar-refractivity contribution in [3.8, 4) is 11.5 Å². The van der Waals surface area contributed by atoms with Gasteiger partial charge in [-0.1, -0.05) is 19.9 Å². The first-order valence-corrected chi connectivity index (χ1v) is 9.92. The Bertz CT molecular complexity index is 728. The zero-order chi connectivity index (χ0) is 19.1. The van der Waals surface area contributed by atoms with Gasteiger partial charge in [0.15, 0.2) is 11.5 Å². The topological polar surface area (TPSA) is 60.5 Å². The lowest BCUT2D eigenvalue weighted by atomic mass is 9.95. The summed E-state index contributed by atoms with van der Waals surface area (Å²) in [7, 11) is 0. The van der Waals surface area contributed by atoms with Crippen molar-refractivity contribution in [3.05, 3.63) is 39.8 Å². The molecule has 1 aromatic carbocycles. The van der Waals surface area contributed by atoms with Gasteiger partial charge in [-0.15, -0.1) is 11.3 Å². The second-order valence-corrected chi connectivity index (χ2v) is 7.46. The smallest absolute Gasteiger partial charge is 0.226 e. The molecule has 1 atom stereocenters. The second-order valence-electron chi connectivity index (χ2n) is 6.40. The molecule has 0 saturated carbocycles. The molecule has 0 fully saturated rings. The fraction of sp³-hybridized carbons (Fsp3) is 0.500. The van der Waals surface area contributed by atoms with E-state index in [9.17, 15) is 4.79 Å². The number of hydrogen-bond acceptors (Lipinski definition) is 5. The van der Waals surface area contributed by atoms with Crippen LogP contribution in [0.5, 0.6) is 11.5 Å². The molecule has 0 radical (unpaired) electrons. The number of amides is 1. The predicted octanol–water partition coefficient (Wildman–Crippen LogP) is 4.30. The van der Waals surface area contributed by atoms with Crippen LogP contribution in [-0.2, 0) is 11.2 Å². The first kappa shape index (κ1) is 20.2. The van der Waals surface area contributed by atoms with E-state index in [1.165, 1.54) is 0 Å². The zero-order valence-electron chi connectivity index (χ0n) is 16.2. The van der Waals surface area contributed by atoms with E-state index in [1.807, 2.05) is 44.4 Å². The molecule has 0 spiro atoms. The molecule has 0 saturated heterocycles. The van der Waals surface area contributed by atoms with Crippen molar-refractivity contribution in [1.29, 1.82) is 0 Å². The number of benzene rings is 1. The third-order valence-corrected chi connectivity index (χ3v) is 4.74. The van der Waals surface area contributed by atoms with Crippen molar-refractivity contribution < 1.29 is 14.3 Å². The van der Waals surface area contributed by atoms with Crippen molar-refractivity contribution in [2.24, 2.45) is 5.92 Å². The number of hydrogen-bond donors (Lipinski definition) is 1. The van der Waals surface area contributed by atoms with E-state index < -0.39 is 0 Å². The van der Waals surface area contributed by atoms with E-state index in [0.717, 1.165) is 22.0 Å². The first-order valence-electron chi connectivity index (χ1n) is 9.04. The highest BCUT2D eigenvalue weighted by Crippen LogP contribution is 2.33. The molecule has 1 unspecified atom stereocenters. The van der Waals surface area contributed by atoms with Gasteiger partial charge in [0.25, 0.3) is 0 Å². The highest BCUT2D eigenvalue weighted by atomic mass is 32.1. The van der Waals surface area contributed by atoms with E-state index in [4.69, 9.17) is 9.47 Å². The number of aromatic nitrogens is 1. The Balaban J connectivity index is 2.17. The summed E-state index contributed by atoms with van der Waals surface area (Å²) in [6.45, 7) is 11.2. The molecule has 2 aromatic rings. The number of nitrogens with zero attached hydrogens (tertiary/aromatic N) is 1. The fourth-order valence-electron chi connectivity index (χ4n) is 2.77. The molecule has 0 aliphatic rings. The lowest BCUT2D eigenvalue weighted by molar-refractivity contribution is -0.121. The van der Waals surface area contributed by atoms with Gasteiger partial charge in [-0.25, -0.2) is 4.98 Å². The summed E-state index contributed by atoms with van der Waals surface area (Å²) in [4.78, 5) is 16.9. The van der Waals surface area contributed by atoms with Crippen LogP contribution in [0, 0.1) is 12.8 Å². The van der Waals surface area contributed by atoms with Crippen LogP contribution in [0.3, 0.4) is 0 Å². The maximum absolute atomic E-state index is 12.5. The third kappa shape index (κ3) is 5.46. The van der Waals surface area contributed by atoms with Crippen molar-refractivity contribution in [2.75, 3.05) is 13.2 Å². The maximum Gasteiger partial charge on any atom is 0.226 e. The molecule has 1 amide bonds. The van der Waals surface area contributed by atoms with E-state index in [2.05, 4.69) is 24.1 Å². The molecule has 6 heteroatoms. The van der Waals surface area contributed by atoms with Crippen LogP contribution < -0.4 is 14.8 Å². The van der Waals surface area contributed by atoms with Gasteiger partial charge in [-0.05, 0) is 44.4 Å². The molecule has 2 rings (SSSR count). The molecule has 0 aliphatic carbocycles. The van der Waals surface area contributed by atoms with Crippen molar-refractivity contribution in [1.82, 2.24) is 10.3 Å². The monoisotopic (exact) mass is 376 g/mol. The van der Waals surface area contributed by atoms with Crippen LogP contribution in [0.15, 0.2) is 23.6 Å². The molecule has 1 heterocycles. The number of rotatable bonds is 9. The number of carbonyl (C=O) groups is 1. The van der Waals surface area contributed by atoms with Gasteiger partial charge in [-0.2, -0.15) is 0 Å². The van der Waals surface area contributed by atoms with Crippen LogP contribution in [0.4, 0.5) is 0 Å². The van der Waals surface area contributed by atoms with Gasteiger partial charge in [0.05, 0.1) is 36.4 Å². The van der Waals surface area contributed by atoms with Gasteiger partial charge >= 0.3 is 0 Å². The summed E-state index contributed by atoms with van der Waals surface area (Å²) < 4.78 is 11.3. The maximum atomic E-state index is 12.5. The van der Waals surface area contributed by atoms with E-state index in [-0.39, 0.29) is 17.9 Å². The van der Waals surface area contributed by atoms with Gasteiger partial charge in [-0.3, -0.25) is 4.79 Å². The molecule has 0 aliphatic heterocycles. The number of nitrogens with one attached hydrogen (secondary N) is 1. The zero-order valence-corrected chi connectivity index (χ0v) is 17.0. The molecular weight excluding hydrogens is 348 g/mol. The lowest BCUT2D eigenvalue weighted by Crippen LogP contribution is -2.33. The molecule has 1 aromatic heterocycles. The minimum atomic E-state index is -0.0999. The molecule has 5 nitrogen and oxygen atoms in total. The van der Waals surface area contributed by atoms with Crippen LogP contribution >= 0.6 is 11.3 Å². The lowest BCUT2D eigenvalue weighted by Gasteiger charge is -2.24. The summed E-state index contributed by atoms with van der Waals surface area (Å²) in [6, 6.07) is 5.77. The Kier molecular flexibility index (Phi) is 7.45. The van der Waals surface area contributed by atoms with Crippen LogP contribution in [0.2, 0.25) is 0 Å². The summed E-state index contributed by atoms with van der Waals surface area (Å²) in [6.07, 6.45) is 0.295. The van der Waals surface area contributed by atoms with Crippen molar-refractivity contribution >= 4 is 17.2 Å². The summed E-state index contributed by atoms with van der Waals surface area (Å²) in [5, 5.41) is 6.05. The molecular formula is C20H28N2O3S. The van der Waals surface area contributed by atoms with E-state index >= 15 is 0 Å². The third-order valence-electron chi connectivity index (χ3n) is 3.92. The largest absolute Gasteiger partial charge is 0.490 e. The second kappa shape index (κ2) is 9.57. The number of ether oxygens (including phenoxy) is 2. The Morgan fingerprint density at radius 1 is 1.19 bits per heavy atom. The number of aryl methyl sites for hydroxylation is 1. The fourth-order valence-corrected chi connectivity index (χ4v) is 3.39. The quantitative estimate of drug-likeness (QED) is 0.709. The Morgan fingerprint density at radius 3 is 2.46 bits per heavy atom. The normalized spacial score (nSPS) is 12.1. The number of thiazole rings is 1. The molecule has 26 heavy (non-hydrogen) atoms. The SMILES string of the molecule is CCOc1ccc(C(NC(=O)Cc2csc(C)n2)C(C)C)cc1OCC. The first-order chi connectivity index (χ1) is 12.4. The van der Waals surface area contributed by atoms with Gasteiger partial charge in [0, 0.05) is 5.38 Å². The van der Waals surface area contributed by atoms with Crippen LogP contribution in [-0.4, -0.2) is 24.1 Å². The highest BCUT2D eigenvalue weighted by molar-refractivity contribution is 7.09.